The summed E-state index contributed by atoms with van der Waals surface area (Å²) in [6, 6.07) is 3.05. The maximum Gasteiger partial charge on any atom is 0.317 e. The van der Waals surface area contributed by atoms with Crippen molar-refractivity contribution in [2.24, 2.45) is 0 Å². The highest BCUT2D eigenvalue weighted by atomic mass is 16.2. The number of amides is 2. The lowest BCUT2D eigenvalue weighted by molar-refractivity contribution is 0.189. The smallest absolute Gasteiger partial charge is 0.317 e. The maximum absolute atomic E-state index is 12.6. The molecule has 0 radical (unpaired) electrons. The van der Waals surface area contributed by atoms with E-state index in [2.05, 4.69) is 20.2 Å². The van der Waals surface area contributed by atoms with Crippen molar-refractivity contribution >= 4 is 12.0 Å². The molecule has 1 aromatic rings. The molecule has 2 saturated heterocycles. The van der Waals surface area contributed by atoms with E-state index in [0.717, 1.165) is 44.7 Å². The molecule has 3 fully saturated rings. The van der Waals surface area contributed by atoms with Gasteiger partial charge in [-0.2, -0.15) is 0 Å². The third-order valence-electron chi connectivity index (χ3n) is 5.33. The number of urea groups is 1. The van der Waals surface area contributed by atoms with Gasteiger partial charge in [0.25, 0.3) is 0 Å². The average molecular weight is 301 g/mol. The molecule has 2 amide bonds. The van der Waals surface area contributed by atoms with Gasteiger partial charge in [-0.15, -0.1) is 0 Å². The van der Waals surface area contributed by atoms with Gasteiger partial charge in [0.1, 0.15) is 0 Å². The van der Waals surface area contributed by atoms with Crippen LogP contribution < -0.4 is 10.2 Å². The van der Waals surface area contributed by atoms with Crippen molar-refractivity contribution in [3.63, 3.8) is 0 Å². The largest absolute Gasteiger partial charge is 0.336 e. The normalized spacial score (nSPS) is 28.2. The molecule has 118 valence electrons. The standard InChI is InChI=1S/C16H23N5O/c22-16(19-12-4-1-2-5-12)21-11-7-13-14(21)6-10-20(13)15-17-8-3-9-18-15/h3,8-9,12-14H,1-2,4-7,10-11H2,(H,19,22)/t13-,14+/m0/s1. The number of hydrogen-bond donors (Lipinski definition) is 1. The number of hydrogen-bond acceptors (Lipinski definition) is 4. The Balaban J connectivity index is 1.42. The third kappa shape index (κ3) is 2.40. The fraction of sp³-hybridized carbons (Fsp3) is 0.688. The molecule has 4 rings (SSSR count). The van der Waals surface area contributed by atoms with Crippen molar-refractivity contribution in [2.45, 2.75) is 56.7 Å². The number of carbonyl (C=O) groups excluding carboxylic acids is 1. The van der Waals surface area contributed by atoms with Crippen LogP contribution in [0.5, 0.6) is 0 Å². The van der Waals surface area contributed by atoms with Crippen molar-refractivity contribution in [3.8, 4) is 0 Å². The van der Waals surface area contributed by atoms with Gasteiger partial charge in [-0.1, -0.05) is 12.8 Å². The molecule has 0 aromatic carbocycles. The Labute approximate surface area is 130 Å². The summed E-state index contributed by atoms with van der Waals surface area (Å²) in [7, 11) is 0. The van der Waals surface area contributed by atoms with E-state index in [1.807, 2.05) is 11.0 Å². The maximum atomic E-state index is 12.6. The Morgan fingerprint density at radius 2 is 1.77 bits per heavy atom. The fourth-order valence-electron chi connectivity index (χ4n) is 4.25. The summed E-state index contributed by atoms with van der Waals surface area (Å²) < 4.78 is 0. The number of aromatic nitrogens is 2. The SMILES string of the molecule is O=C(NC1CCCC1)N1CC[C@H]2[C@H]1CCN2c1ncccn1. The molecule has 3 heterocycles. The molecule has 22 heavy (non-hydrogen) atoms. The Morgan fingerprint density at radius 3 is 2.55 bits per heavy atom. The van der Waals surface area contributed by atoms with Gasteiger partial charge in [-0.05, 0) is 31.7 Å². The number of nitrogens with zero attached hydrogens (tertiary/aromatic N) is 4. The van der Waals surface area contributed by atoms with E-state index in [4.69, 9.17) is 0 Å². The van der Waals surface area contributed by atoms with Crippen LogP contribution in [0.2, 0.25) is 0 Å². The highest BCUT2D eigenvalue weighted by Crippen LogP contribution is 2.33. The zero-order valence-electron chi connectivity index (χ0n) is 12.8. The van der Waals surface area contributed by atoms with Gasteiger partial charge in [-0.25, -0.2) is 14.8 Å². The van der Waals surface area contributed by atoms with Crippen LogP contribution in [0.15, 0.2) is 18.5 Å². The number of anilines is 1. The summed E-state index contributed by atoms with van der Waals surface area (Å²) in [5.74, 6) is 0.799. The molecule has 1 aliphatic carbocycles. The van der Waals surface area contributed by atoms with Crippen LogP contribution in [-0.4, -0.2) is 52.1 Å². The molecule has 2 atom stereocenters. The quantitative estimate of drug-likeness (QED) is 0.904. The topological polar surface area (TPSA) is 61.4 Å². The van der Waals surface area contributed by atoms with Crippen LogP contribution in [0.4, 0.5) is 10.7 Å². The molecular formula is C16H23N5O. The monoisotopic (exact) mass is 301 g/mol. The van der Waals surface area contributed by atoms with Gasteiger partial charge in [0.15, 0.2) is 0 Å². The fourth-order valence-corrected chi connectivity index (χ4v) is 4.25. The van der Waals surface area contributed by atoms with E-state index >= 15 is 0 Å². The summed E-state index contributed by atoms with van der Waals surface area (Å²) in [6.45, 7) is 1.78. The van der Waals surface area contributed by atoms with Gasteiger partial charge in [0.05, 0.1) is 12.1 Å². The molecule has 3 aliphatic rings. The van der Waals surface area contributed by atoms with Gasteiger partial charge in [-0.3, -0.25) is 0 Å². The molecule has 0 unspecified atom stereocenters. The van der Waals surface area contributed by atoms with Crippen molar-refractivity contribution < 1.29 is 4.79 Å². The highest BCUT2D eigenvalue weighted by Gasteiger charge is 2.45. The van der Waals surface area contributed by atoms with E-state index in [-0.39, 0.29) is 6.03 Å². The van der Waals surface area contributed by atoms with E-state index in [1.165, 1.54) is 12.8 Å². The molecule has 0 bridgehead atoms. The minimum Gasteiger partial charge on any atom is -0.336 e. The van der Waals surface area contributed by atoms with Crippen molar-refractivity contribution in [1.82, 2.24) is 20.2 Å². The van der Waals surface area contributed by atoms with Crippen molar-refractivity contribution in [2.75, 3.05) is 18.0 Å². The Hall–Kier alpha value is -1.85. The number of carbonyl (C=O) groups is 1. The van der Waals surface area contributed by atoms with Crippen LogP contribution in [0, 0.1) is 0 Å². The highest BCUT2D eigenvalue weighted by molar-refractivity contribution is 5.75. The average Bonchev–Trinajstić information content (AvgIpc) is 3.24. The molecular weight excluding hydrogens is 278 g/mol. The molecule has 1 saturated carbocycles. The zero-order valence-corrected chi connectivity index (χ0v) is 12.8. The number of fused-ring (bicyclic) bond motifs is 1. The molecule has 1 N–H and O–H groups in total. The van der Waals surface area contributed by atoms with E-state index in [0.29, 0.717) is 18.1 Å². The van der Waals surface area contributed by atoms with Crippen LogP contribution in [0.1, 0.15) is 38.5 Å². The minimum atomic E-state index is 0.134. The Kier molecular flexibility index (Phi) is 3.60. The molecule has 0 spiro atoms. The summed E-state index contributed by atoms with van der Waals surface area (Å²) >= 11 is 0. The molecule has 2 aliphatic heterocycles. The van der Waals surface area contributed by atoms with E-state index in [1.54, 1.807) is 12.4 Å². The molecule has 6 nitrogen and oxygen atoms in total. The summed E-state index contributed by atoms with van der Waals surface area (Å²) in [5, 5.41) is 3.23. The lowest BCUT2D eigenvalue weighted by Gasteiger charge is -2.26. The van der Waals surface area contributed by atoms with Crippen LogP contribution in [-0.2, 0) is 0 Å². The first-order valence-electron chi connectivity index (χ1n) is 8.44. The van der Waals surface area contributed by atoms with Gasteiger partial charge in [0, 0.05) is 31.5 Å². The van der Waals surface area contributed by atoms with Crippen LogP contribution in [0.3, 0.4) is 0 Å². The molecule has 6 heteroatoms. The predicted molar refractivity (Wildman–Crippen MR) is 83.7 cm³/mol. The Bertz CT molecular complexity index is 531. The molecule has 1 aromatic heterocycles. The van der Waals surface area contributed by atoms with E-state index in [9.17, 15) is 4.79 Å². The second-order valence-corrected chi connectivity index (χ2v) is 6.58. The summed E-state index contributed by atoms with van der Waals surface area (Å²) in [5.41, 5.74) is 0. The second kappa shape index (κ2) is 5.74. The van der Waals surface area contributed by atoms with Crippen molar-refractivity contribution in [1.29, 1.82) is 0 Å². The first-order valence-corrected chi connectivity index (χ1v) is 8.44. The lowest BCUT2D eigenvalue weighted by Crippen LogP contribution is -2.47. The number of rotatable bonds is 2. The van der Waals surface area contributed by atoms with Gasteiger partial charge in [0.2, 0.25) is 5.95 Å². The first kappa shape index (κ1) is 13.8. The summed E-state index contributed by atoms with van der Waals surface area (Å²) in [6.07, 6.45) is 10.4. The van der Waals surface area contributed by atoms with Crippen molar-refractivity contribution in [3.05, 3.63) is 18.5 Å². The predicted octanol–water partition coefficient (Wildman–Crippen LogP) is 1.78. The van der Waals surface area contributed by atoms with Crippen LogP contribution in [0.25, 0.3) is 0 Å². The number of nitrogens with one attached hydrogen (secondary N) is 1. The second-order valence-electron chi connectivity index (χ2n) is 6.58. The third-order valence-corrected chi connectivity index (χ3v) is 5.33. The van der Waals surface area contributed by atoms with E-state index < -0.39 is 0 Å². The Morgan fingerprint density at radius 1 is 1.05 bits per heavy atom. The van der Waals surface area contributed by atoms with Gasteiger partial charge < -0.3 is 15.1 Å². The zero-order chi connectivity index (χ0) is 14.9. The summed E-state index contributed by atoms with van der Waals surface area (Å²) in [4.78, 5) is 25.6. The lowest BCUT2D eigenvalue weighted by atomic mass is 10.1. The first-order chi connectivity index (χ1) is 10.8. The number of likely N-dealkylation sites (tertiary alicyclic amines) is 1. The van der Waals surface area contributed by atoms with Crippen LogP contribution >= 0.6 is 0 Å². The minimum absolute atomic E-state index is 0.134. The van der Waals surface area contributed by atoms with Gasteiger partial charge >= 0.3 is 6.03 Å².